The number of benzene rings is 1. The minimum atomic E-state index is -1.46. The quantitative estimate of drug-likeness (QED) is 0.376. The molecule has 0 unspecified atom stereocenters. The maximum absolute atomic E-state index is 10.1. The largest absolute Gasteiger partial charge is 0.394 e. The van der Waals surface area contributed by atoms with Gasteiger partial charge in [-0.2, -0.15) is 0 Å². The van der Waals surface area contributed by atoms with E-state index >= 15 is 0 Å². The van der Waals surface area contributed by atoms with Gasteiger partial charge in [-0.1, -0.05) is 5.21 Å². The molecule has 5 atom stereocenters. The van der Waals surface area contributed by atoms with Crippen molar-refractivity contribution in [3.63, 3.8) is 0 Å². The molecule has 3 rings (SSSR count). The van der Waals surface area contributed by atoms with Crippen LogP contribution in [0.3, 0.4) is 0 Å². The van der Waals surface area contributed by atoms with E-state index < -0.39 is 37.3 Å². The summed E-state index contributed by atoms with van der Waals surface area (Å²) in [4.78, 5) is 0.860. The fraction of sp³-hybridized carbons (Fsp3) is 0.467. The second-order valence-electron chi connectivity index (χ2n) is 5.81. The summed E-state index contributed by atoms with van der Waals surface area (Å²) >= 11 is 4.22. The first-order chi connectivity index (χ1) is 12.0. The lowest BCUT2D eigenvalue weighted by molar-refractivity contribution is -0.254. The molecular weight excluding hydrogens is 348 g/mol. The van der Waals surface area contributed by atoms with Crippen LogP contribution in [0.1, 0.15) is 11.9 Å². The van der Waals surface area contributed by atoms with Crippen LogP contribution in [0.2, 0.25) is 0 Å². The summed E-state index contributed by atoms with van der Waals surface area (Å²) < 4.78 is 6.69. The lowest BCUT2D eigenvalue weighted by atomic mass is 9.98. The molecule has 9 nitrogen and oxygen atoms in total. The van der Waals surface area contributed by atoms with E-state index in [1.54, 1.807) is 6.20 Å². The number of rotatable bonds is 5. The lowest BCUT2D eigenvalue weighted by Gasteiger charge is -2.39. The maximum Gasteiger partial charge on any atom is 0.180 e. The van der Waals surface area contributed by atoms with Crippen molar-refractivity contribution in [1.29, 1.82) is 0 Å². The van der Waals surface area contributed by atoms with Crippen molar-refractivity contribution in [2.75, 3.05) is 11.9 Å². The minimum absolute atomic E-state index is 0.392. The van der Waals surface area contributed by atoms with E-state index in [9.17, 15) is 20.4 Å². The van der Waals surface area contributed by atoms with E-state index in [2.05, 4.69) is 28.3 Å². The van der Waals surface area contributed by atoms with Crippen LogP contribution in [-0.2, 0) is 11.3 Å². The first-order valence-electron chi connectivity index (χ1n) is 7.73. The molecule has 2 aromatic rings. The van der Waals surface area contributed by atoms with E-state index in [1.807, 2.05) is 24.3 Å². The van der Waals surface area contributed by atoms with Gasteiger partial charge in [0.15, 0.2) is 6.23 Å². The summed E-state index contributed by atoms with van der Waals surface area (Å²) in [5.74, 6) is 0. The number of nitrogens with one attached hydrogen (secondary N) is 1. The highest BCUT2D eigenvalue weighted by atomic mass is 32.1. The second-order valence-corrected chi connectivity index (χ2v) is 6.33. The third-order valence-corrected chi connectivity index (χ3v) is 4.32. The topological polar surface area (TPSA) is 133 Å². The molecule has 1 aromatic heterocycles. The highest BCUT2D eigenvalue weighted by molar-refractivity contribution is 7.80. The molecule has 1 aliphatic heterocycles. The Kier molecular flexibility index (Phi) is 5.57. The number of hydrogen-bond acceptors (Lipinski definition) is 9. The predicted molar refractivity (Wildman–Crippen MR) is 90.1 cm³/mol. The van der Waals surface area contributed by atoms with Gasteiger partial charge < -0.3 is 30.5 Å². The summed E-state index contributed by atoms with van der Waals surface area (Å²) in [6.07, 6.45) is -4.75. The molecule has 0 saturated carbocycles. The summed E-state index contributed by atoms with van der Waals surface area (Å²) in [7, 11) is 0. The van der Waals surface area contributed by atoms with Gasteiger partial charge in [-0.3, -0.25) is 0 Å². The molecule has 10 heteroatoms. The fourth-order valence-corrected chi connectivity index (χ4v) is 2.74. The van der Waals surface area contributed by atoms with Crippen LogP contribution in [0.4, 0.5) is 5.69 Å². The normalized spacial score (nSPS) is 29.6. The Morgan fingerprint density at radius 1 is 1.12 bits per heavy atom. The molecule has 136 valence electrons. The zero-order valence-corrected chi connectivity index (χ0v) is 14.1. The Labute approximate surface area is 149 Å². The van der Waals surface area contributed by atoms with Gasteiger partial charge in [0, 0.05) is 10.6 Å². The number of aliphatic hydroxyl groups is 4. The fourth-order valence-electron chi connectivity index (χ4n) is 2.59. The van der Waals surface area contributed by atoms with Gasteiger partial charge in [0.1, 0.15) is 30.1 Å². The molecule has 1 aliphatic rings. The first-order valence-corrected chi connectivity index (χ1v) is 8.18. The number of anilines is 1. The molecule has 0 aliphatic carbocycles. The van der Waals surface area contributed by atoms with Crippen molar-refractivity contribution in [3.05, 3.63) is 36.2 Å². The minimum Gasteiger partial charge on any atom is -0.394 e. The molecule has 1 saturated heterocycles. The number of ether oxygens (including phenoxy) is 1. The SMILES string of the molecule is OC[C@H]1O[C@@H](n2cc(CNc3ccc(S)cc3)nn2)[C@H](O)[C@@H](O)[C@@H]1O. The highest BCUT2D eigenvalue weighted by Crippen LogP contribution is 2.27. The summed E-state index contributed by atoms with van der Waals surface area (Å²) in [5, 5.41) is 50.0. The smallest absolute Gasteiger partial charge is 0.180 e. The number of nitrogens with zero attached hydrogens (tertiary/aromatic N) is 3. The molecule has 25 heavy (non-hydrogen) atoms. The standard InChI is InChI=1S/C15H20N4O5S/c20-7-11-12(21)13(22)14(23)15(24-11)19-6-9(17-18-19)5-16-8-1-3-10(25)4-2-8/h1-4,6,11-16,20-23,25H,5,7H2/t11-,12-,13+,14-,15-/m1/s1. The molecule has 0 spiro atoms. The second kappa shape index (κ2) is 7.68. The van der Waals surface area contributed by atoms with E-state index in [4.69, 9.17) is 4.74 Å². The Morgan fingerprint density at radius 2 is 1.84 bits per heavy atom. The maximum atomic E-state index is 10.1. The van der Waals surface area contributed by atoms with Crippen LogP contribution in [0, 0.1) is 0 Å². The molecule has 2 heterocycles. The first kappa shape index (κ1) is 18.1. The molecular formula is C15H20N4O5S. The van der Waals surface area contributed by atoms with Gasteiger partial charge in [-0.15, -0.1) is 17.7 Å². The van der Waals surface area contributed by atoms with Crippen molar-refractivity contribution in [2.45, 2.75) is 42.1 Å². The Bertz CT molecular complexity index is 695. The molecule has 1 fully saturated rings. The average Bonchev–Trinajstić information content (AvgIpc) is 3.08. The zero-order chi connectivity index (χ0) is 18.0. The summed E-state index contributed by atoms with van der Waals surface area (Å²) in [5.41, 5.74) is 1.48. The molecule has 1 aromatic carbocycles. The van der Waals surface area contributed by atoms with Gasteiger partial charge in [0.25, 0.3) is 0 Å². The van der Waals surface area contributed by atoms with Crippen molar-refractivity contribution >= 4 is 18.3 Å². The van der Waals surface area contributed by atoms with Gasteiger partial charge in [-0.05, 0) is 24.3 Å². The van der Waals surface area contributed by atoms with Crippen molar-refractivity contribution in [3.8, 4) is 0 Å². The lowest BCUT2D eigenvalue weighted by Crippen LogP contribution is -2.56. The van der Waals surface area contributed by atoms with E-state index in [1.165, 1.54) is 4.68 Å². The van der Waals surface area contributed by atoms with Gasteiger partial charge >= 0.3 is 0 Å². The molecule has 0 amide bonds. The van der Waals surface area contributed by atoms with E-state index in [-0.39, 0.29) is 0 Å². The van der Waals surface area contributed by atoms with Gasteiger partial charge in [0.05, 0.1) is 19.3 Å². The van der Waals surface area contributed by atoms with Crippen molar-refractivity contribution < 1.29 is 25.2 Å². The van der Waals surface area contributed by atoms with Crippen LogP contribution in [0.25, 0.3) is 0 Å². The molecule has 5 N–H and O–H groups in total. The van der Waals surface area contributed by atoms with Gasteiger partial charge in [-0.25, -0.2) is 4.68 Å². The third-order valence-electron chi connectivity index (χ3n) is 4.03. The Morgan fingerprint density at radius 3 is 2.52 bits per heavy atom. The van der Waals surface area contributed by atoms with E-state index in [0.29, 0.717) is 12.2 Å². The van der Waals surface area contributed by atoms with Crippen LogP contribution in [0.15, 0.2) is 35.4 Å². The van der Waals surface area contributed by atoms with Crippen LogP contribution in [0.5, 0.6) is 0 Å². The summed E-state index contributed by atoms with van der Waals surface area (Å²) in [6.45, 7) is -0.102. The monoisotopic (exact) mass is 368 g/mol. The molecule has 0 radical (unpaired) electrons. The molecule has 0 bridgehead atoms. The third kappa shape index (κ3) is 3.94. The number of hydrogen-bond donors (Lipinski definition) is 6. The predicted octanol–water partition coefficient (Wildman–Crippen LogP) is -0.849. The number of aliphatic hydroxyl groups excluding tert-OH is 4. The highest BCUT2D eigenvalue weighted by Gasteiger charge is 2.44. The Balaban J connectivity index is 1.66. The van der Waals surface area contributed by atoms with Crippen LogP contribution in [-0.4, -0.2) is 66.4 Å². The van der Waals surface area contributed by atoms with Crippen molar-refractivity contribution in [1.82, 2.24) is 15.0 Å². The van der Waals surface area contributed by atoms with Gasteiger partial charge in [0.2, 0.25) is 0 Å². The average molecular weight is 368 g/mol. The Hall–Kier alpha value is -1.69. The van der Waals surface area contributed by atoms with Crippen LogP contribution < -0.4 is 5.32 Å². The summed E-state index contributed by atoms with van der Waals surface area (Å²) in [6, 6.07) is 7.47. The number of aromatic nitrogens is 3. The number of thiol groups is 1. The van der Waals surface area contributed by atoms with E-state index in [0.717, 1.165) is 10.6 Å². The van der Waals surface area contributed by atoms with Crippen LogP contribution >= 0.6 is 12.6 Å². The zero-order valence-electron chi connectivity index (χ0n) is 13.2. The van der Waals surface area contributed by atoms with Crippen molar-refractivity contribution in [2.24, 2.45) is 0 Å².